The van der Waals surface area contributed by atoms with Gasteiger partial charge in [0.25, 0.3) is 0 Å². The molecule has 1 aromatic carbocycles. The van der Waals surface area contributed by atoms with Crippen LogP contribution in [0.4, 0.5) is 0 Å². The number of rotatable bonds is 5. The minimum Gasteiger partial charge on any atom is -0.452 e. The minimum atomic E-state index is -0.492. The molecule has 0 saturated carbocycles. The highest BCUT2D eigenvalue weighted by Gasteiger charge is 2.28. The summed E-state index contributed by atoms with van der Waals surface area (Å²) >= 11 is 0. The molecule has 0 unspecified atom stereocenters. The lowest BCUT2D eigenvalue weighted by Gasteiger charge is -2.13. The molecule has 0 spiro atoms. The normalized spacial score (nSPS) is 14.2. The number of amides is 2. The van der Waals surface area contributed by atoms with Crippen LogP contribution in [0.5, 0.6) is 0 Å². The summed E-state index contributed by atoms with van der Waals surface area (Å²) in [5, 5.41) is 0. The fraction of sp³-hybridized carbons (Fsp3) is 0.333. The largest absolute Gasteiger partial charge is 0.452 e. The number of carbonyl (C=O) groups excluding carboxylic acids is 3. The second kappa shape index (κ2) is 6.88. The van der Waals surface area contributed by atoms with Crippen LogP contribution in [0.25, 0.3) is 0 Å². The molecule has 3 rings (SSSR count). The van der Waals surface area contributed by atoms with Crippen molar-refractivity contribution in [1.29, 1.82) is 0 Å². The third-order valence-corrected chi connectivity index (χ3v) is 4.08. The van der Waals surface area contributed by atoms with Crippen LogP contribution in [0.15, 0.2) is 28.7 Å². The summed E-state index contributed by atoms with van der Waals surface area (Å²) in [6.45, 7) is 3.80. The number of aromatic nitrogens is 1. The number of likely N-dealkylation sites (tertiary alicyclic amines) is 1. The molecule has 1 aliphatic heterocycles. The zero-order valence-electron chi connectivity index (χ0n) is 14.1. The Labute approximate surface area is 144 Å². The van der Waals surface area contributed by atoms with Gasteiger partial charge in [0.05, 0.1) is 17.8 Å². The fourth-order valence-corrected chi connectivity index (χ4v) is 2.54. The van der Waals surface area contributed by atoms with E-state index in [1.54, 1.807) is 31.2 Å². The topological polar surface area (TPSA) is 89.7 Å². The van der Waals surface area contributed by atoms with Gasteiger partial charge in [0, 0.05) is 12.8 Å². The van der Waals surface area contributed by atoms with Crippen molar-refractivity contribution in [2.75, 3.05) is 0 Å². The van der Waals surface area contributed by atoms with Crippen LogP contribution in [-0.4, -0.2) is 27.7 Å². The monoisotopic (exact) mass is 342 g/mol. The van der Waals surface area contributed by atoms with E-state index < -0.39 is 5.97 Å². The first-order valence-electron chi connectivity index (χ1n) is 7.96. The summed E-state index contributed by atoms with van der Waals surface area (Å²) in [6.07, 6.45) is 0.534. The second-order valence-corrected chi connectivity index (χ2v) is 5.90. The molecule has 130 valence electrons. The molecule has 0 aliphatic carbocycles. The van der Waals surface area contributed by atoms with E-state index in [-0.39, 0.29) is 37.8 Å². The molecule has 2 amide bonds. The van der Waals surface area contributed by atoms with Crippen LogP contribution in [0.2, 0.25) is 0 Å². The quantitative estimate of drug-likeness (QED) is 0.612. The van der Waals surface area contributed by atoms with Crippen molar-refractivity contribution in [3.05, 3.63) is 52.7 Å². The molecule has 1 fully saturated rings. The Hall–Kier alpha value is -2.96. The molecule has 7 heteroatoms. The Balaban J connectivity index is 1.58. The molecule has 2 heterocycles. The van der Waals surface area contributed by atoms with Crippen LogP contribution in [0.3, 0.4) is 0 Å². The highest BCUT2D eigenvalue weighted by atomic mass is 16.5. The number of hydrogen-bond donors (Lipinski definition) is 0. The summed E-state index contributed by atoms with van der Waals surface area (Å²) in [6, 6.07) is 6.62. The number of esters is 1. The standard InChI is InChI=1S/C18H18N2O5/c1-11-12(2)25-15(19-11)10-24-18(23)14-5-3-13(4-6-14)9-20-16(21)7-8-17(20)22/h3-6H,7-10H2,1-2H3. The van der Waals surface area contributed by atoms with Crippen molar-refractivity contribution in [3.8, 4) is 0 Å². The van der Waals surface area contributed by atoms with Gasteiger partial charge in [-0.1, -0.05) is 12.1 Å². The molecule has 25 heavy (non-hydrogen) atoms. The highest BCUT2D eigenvalue weighted by molar-refractivity contribution is 6.01. The van der Waals surface area contributed by atoms with E-state index in [9.17, 15) is 14.4 Å². The number of imide groups is 1. The molecular formula is C18H18N2O5. The second-order valence-electron chi connectivity index (χ2n) is 5.90. The van der Waals surface area contributed by atoms with Crippen molar-refractivity contribution in [1.82, 2.24) is 9.88 Å². The van der Waals surface area contributed by atoms with E-state index in [0.717, 1.165) is 11.3 Å². The van der Waals surface area contributed by atoms with Crippen LogP contribution in [0, 0.1) is 13.8 Å². The Morgan fingerprint density at radius 2 is 1.80 bits per heavy atom. The number of hydrogen-bond acceptors (Lipinski definition) is 6. The lowest BCUT2D eigenvalue weighted by molar-refractivity contribution is -0.139. The number of benzene rings is 1. The number of ether oxygens (including phenoxy) is 1. The highest BCUT2D eigenvalue weighted by Crippen LogP contribution is 2.17. The minimum absolute atomic E-state index is 0.0357. The van der Waals surface area contributed by atoms with Gasteiger partial charge in [0.15, 0.2) is 6.61 Å². The van der Waals surface area contributed by atoms with Crippen molar-refractivity contribution in [2.45, 2.75) is 39.8 Å². The molecule has 0 atom stereocenters. The lowest BCUT2D eigenvalue weighted by Crippen LogP contribution is -2.28. The molecule has 1 aromatic heterocycles. The molecule has 1 aliphatic rings. The number of nitrogens with zero attached hydrogens (tertiary/aromatic N) is 2. The SMILES string of the molecule is Cc1nc(COC(=O)c2ccc(CN3C(=O)CCC3=O)cc2)oc1C. The Bertz CT molecular complexity index is 787. The number of aryl methyl sites for hydroxylation is 2. The molecular weight excluding hydrogens is 324 g/mol. The van der Waals surface area contributed by atoms with E-state index in [1.165, 1.54) is 4.90 Å². The zero-order chi connectivity index (χ0) is 18.0. The van der Waals surface area contributed by atoms with Gasteiger partial charge in [-0.2, -0.15) is 0 Å². The van der Waals surface area contributed by atoms with Gasteiger partial charge in [-0.25, -0.2) is 9.78 Å². The average molecular weight is 342 g/mol. The summed E-state index contributed by atoms with van der Waals surface area (Å²) in [5.41, 5.74) is 1.92. The van der Waals surface area contributed by atoms with Crippen LogP contribution in [-0.2, 0) is 27.5 Å². The van der Waals surface area contributed by atoms with Crippen molar-refractivity contribution in [2.24, 2.45) is 0 Å². The summed E-state index contributed by atoms with van der Waals surface area (Å²) in [5.74, 6) is 0.232. The number of carbonyl (C=O) groups is 3. The lowest BCUT2D eigenvalue weighted by atomic mass is 10.1. The van der Waals surface area contributed by atoms with Crippen LogP contribution < -0.4 is 0 Å². The van der Waals surface area contributed by atoms with Crippen molar-refractivity contribution < 1.29 is 23.5 Å². The molecule has 0 N–H and O–H groups in total. The van der Waals surface area contributed by atoms with Crippen molar-refractivity contribution in [3.63, 3.8) is 0 Å². The average Bonchev–Trinajstić information content (AvgIpc) is 3.09. The molecule has 0 bridgehead atoms. The number of oxazole rings is 1. The summed E-state index contributed by atoms with van der Waals surface area (Å²) in [4.78, 5) is 40.7. The van der Waals surface area contributed by atoms with E-state index in [1.807, 2.05) is 6.92 Å². The van der Waals surface area contributed by atoms with Gasteiger partial charge in [-0.3, -0.25) is 14.5 Å². The third kappa shape index (κ3) is 3.76. The van der Waals surface area contributed by atoms with E-state index in [4.69, 9.17) is 9.15 Å². The zero-order valence-corrected chi connectivity index (χ0v) is 14.1. The first-order valence-corrected chi connectivity index (χ1v) is 7.96. The molecule has 7 nitrogen and oxygen atoms in total. The van der Waals surface area contributed by atoms with Gasteiger partial charge in [0.2, 0.25) is 17.7 Å². The van der Waals surface area contributed by atoms with Gasteiger partial charge in [0.1, 0.15) is 5.76 Å². The Morgan fingerprint density at radius 1 is 1.16 bits per heavy atom. The third-order valence-electron chi connectivity index (χ3n) is 4.08. The maximum atomic E-state index is 12.1. The van der Waals surface area contributed by atoms with Gasteiger partial charge >= 0.3 is 5.97 Å². The van der Waals surface area contributed by atoms with Crippen molar-refractivity contribution >= 4 is 17.8 Å². The van der Waals surface area contributed by atoms with Gasteiger partial charge in [-0.05, 0) is 31.5 Å². The Morgan fingerprint density at radius 3 is 2.36 bits per heavy atom. The molecule has 1 saturated heterocycles. The molecule has 2 aromatic rings. The fourth-order valence-electron chi connectivity index (χ4n) is 2.54. The first-order chi connectivity index (χ1) is 11.9. The maximum absolute atomic E-state index is 12.1. The summed E-state index contributed by atoms with van der Waals surface area (Å²) < 4.78 is 10.5. The van der Waals surface area contributed by atoms with Crippen LogP contribution in [0.1, 0.15) is 46.1 Å². The van der Waals surface area contributed by atoms with E-state index >= 15 is 0 Å². The van der Waals surface area contributed by atoms with E-state index in [2.05, 4.69) is 4.98 Å². The summed E-state index contributed by atoms with van der Waals surface area (Å²) in [7, 11) is 0. The predicted molar refractivity (Wildman–Crippen MR) is 86.3 cm³/mol. The smallest absolute Gasteiger partial charge is 0.338 e. The molecule has 0 radical (unpaired) electrons. The Kier molecular flexibility index (Phi) is 4.65. The van der Waals surface area contributed by atoms with Crippen LogP contribution >= 0.6 is 0 Å². The van der Waals surface area contributed by atoms with E-state index in [0.29, 0.717) is 17.2 Å². The first kappa shape index (κ1) is 16.9. The maximum Gasteiger partial charge on any atom is 0.338 e. The van der Waals surface area contributed by atoms with Gasteiger partial charge in [-0.15, -0.1) is 0 Å². The van der Waals surface area contributed by atoms with Gasteiger partial charge < -0.3 is 9.15 Å². The predicted octanol–water partition coefficient (Wildman–Crippen LogP) is 2.30.